The molecular formula is C41H44ClN5O5S. The summed E-state index contributed by atoms with van der Waals surface area (Å²) in [7, 11) is -4.27. The van der Waals surface area contributed by atoms with Gasteiger partial charge < -0.3 is 9.80 Å². The molecule has 1 atom stereocenters. The zero-order chi connectivity index (χ0) is 37.9. The number of fused-ring (bicyclic) bond motifs is 2. The number of hydrogen-bond acceptors (Lipinski definition) is 6. The minimum absolute atomic E-state index is 0.0379. The highest BCUT2D eigenvalue weighted by Gasteiger charge is 2.32. The number of carbonyl (C=O) groups is 3. The van der Waals surface area contributed by atoms with Gasteiger partial charge in [0.25, 0.3) is 27.7 Å². The summed E-state index contributed by atoms with van der Waals surface area (Å²) in [4.78, 5) is 45.6. The van der Waals surface area contributed by atoms with Gasteiger partial charge in [0.05, 0.1) is 26.9 Å². The Labute approximate surface area is 315 Å². The Morgan fingerprint density at radius 2 is 1.55 bits per heavy atom. The molecule has 5 aromatic rings. The average molecular weight is 754 g/mol. The maximum atomic E-state index is 14.6. The van der Waals surface area contributed by atoms with Crippen LogP contribution in [0, 0.1) is 6.92 Å². The lowest BCUT2D eigenvalue weighted by atomic mass is 9.94. The van der Waals surface area contributed by atoms with Crippen molar-refractivity contribution in [2.75, 3.05) is 13.1 Å². The molecule has 0 unspecified atom stereocenters. The van der Waals surface area contributed by atoms with Crippen LogP contribution in [0.1, 0.15) is 94.5 Å². The van der Waals surface area contributed by atoms with Crippen LogP contribution in [0.4, 0.5) is 0 Å². The first-order valence-corrected chi connectivity index (χ1v) is 19.9. The fourth-order valence-electron chi connectivity index (χ4n) is 6.73. The van der Waals surface area contributed by atoms with Crippen LogP contribution in [-0.4, -0.2) is 64.9 Å². The maximum Gasteiger partial charge on any atom is 0.275 e. The molecule has 1 N–H and O–H groups in total. The minimum Gasteiger partial charge on any atom is -0.337 e. The molecular weight excluding hydrogens is 710 g/mol. The van der Waals surface area contributed by atoms with Gasteiger partial charge in [0.2, 0.25) is 0 Å². The number of sulfonamides is 1. The van der Waals surface area contributed by atoms with E-state index in [1.807, 2.05) is 43.3 Å². The van der Waals surface area contributed by atoms with Gasteiger partial charge in [-0.15, -0.1) is 0 Å². The standard InChI is InChI=1S/C41H44ClN5O5S/c1-5-7-21-45(22-8-6-2)41(50)38-37(42)28(4)47(43-38)36-20-18-32(25-35(36)40(49)46-26-33-16-12-11-14-30(33)23-27(46)3)39(48)44-53(51,52)34-19-17-29-13-9-10-15-31(29)24-34/h9-20,24-25,27H,5-8,21-23,26H2,1-4H3,(H,44,48)/t27-/m1/s1. The van der Waals surface area contributed by atoms with E-state index in [9.17, 15) is 22.8 Å². The molecule has 0 spiro atoms. The Bertz CT molecular complexity index is 2300. The SMILES string of the molecule is CCCCN(CCCC)C(=O)c1nn(-c2ccc(C(=O)NS(=O)(=O)c3ccc4ccccc4c3)cc2C(=O)N2Cc3ccccc3C[C@H]2C)c(C)c1Cl. The van der Waals surface area contributed by atoms with Crippen LogP contribution >= 0.6 is 11.6 Å². The molecule has 0 aliphatic carbocycles. The predicted octanol–water partition coefficient (Wildman–Crippen LogP) is 7.74. The van der Waals surface area contributed by atoms with Gasteiger partial charge in [0, 0.05) is 31.2 Å². The second-order valence-corrected chi connectivity index (χ2v) is 15.6. The van der Waals surface area contributed by atoms with E-state index in [2.05, 4.69) is 29.7 Å². The average Bonchev–Trinajstić information content (AvgIpc) is 3.46. The number of hydrogen-bond donors (Lipinski definition) is 1. The van der Waals surface area contributed by atoms with E-state index in [-0.39, 0.29) is 44.6 Å². The number of nitrogens with zero attached hydrogens (tertiary/aromatic N) is 4. The molecule has 4 aromatic carbocycles. The first kappa shape index (κ1) is 37.7. The van der Waals surface area contributed by atoms with Crippen molar-refractivity contribution in [2.24, 2.45) is 0 Å². The van der Waals surface area contributed by atoms with Crippen LogP contribution in [-0.2, 0) is 23.0 Å². The highest BCUT2D eigenvalue weighted by molar-refractivity contribution is 7.90. The zero-order valence-electron chi connectivity index (χ0n) is 30.4. The lowest BCUT2D eigenvalue weighted by molar-refractivity contribution is 0.0657. The summed E-state index contributed by atoms with van der Waals surface area (Å²) in [5.41, 5.74) is 3.08. The molecule has 0 radical (unpaired) electrons. The summed E-state index contributed by atoms with van der Waals surface area (Å²) in [5.74, 6) is -1.56. The number of unbranched alkanes of at least 4 members (excludes halogenated alkanes) is 2. The second kappa shape index (κ2) is 15.9. The minimum atomic E-state index is -4.27. The van der Waals surface area contributed by atoms with Gasteiger partial charge in [0.1, 0.15) is 0 Å². The van der Waals surface area contributed by atoms with E-state index in [0.717, 1.165) is 42.2 Å². The van der Waals surface area contributed by atoms with Crippen molar-refractivity contribution in [3.63, 3.8) is 0 Å². The Morgan fingerprint density at radius 3 is 2.25 bits per heavy atom. The van der Waals surface area contributed by atoms with Gasteiger partial charge in [-0.2, -0.15) is 5.10 Å². The van der Waals surface area contributed by atoms with Gasteiger partial charge in [-0.1, -0.05) is 92.9 Å². The molecule has 10 nitrogen and oxygen atoms in total. The Balaban J connectivity index is 1.40. The molecule has 1 aliphatic heterocycles. The van der Waals surface area contributed by atoms with Crippen molar-refractivity contribution in [3.8, 4) is 5.69 Å². The number of amides is 3. The normalized spacial score (nSPS) is 14.2. The third-order valence-corrected chi connectivity index (χ3v) is 11.6. The Kier molecular flexibility index (Phi) is 11.3. The van der Waals surface area contributed by atoms with E-state index in [0.29, 0.717) is 42.8 Å². The highest BCUT2D eigenvalue weighted by atomic mass is 35.5. The summed E-state index contributed by atoms with van der Waals surface area (Å²) in [5, 5.41) is 6.43. The van der Waals surface area contributed by atoms with Gasteiger partial charge in [-0.3, -0.25) is 14.4 Å². The molecule has 276 valence electrons. The van der Waals surface area contributed by atoms with Crippen molar-refractivity contribution >= 4 is 50.1 Å². The molecule has 1 aromatic heterocycles. The fourth-order valence-corrected chi connectivity index (χ4v) is 7.94. The third-order valence-electron chi connectivity index (χ3n) is 9.84. The van der Waals surface area contributed by atoms with E-state index in [1.54, 1.807) is 34.9 Å². The molecule has 53 heavy (non-hydrogen) atoms. The van der Waals surface area contributed by atoms with Crippen molar-refractivity contribution in [1.29, 1.82) is 0 Å². The summed E-state index contributed by atoms with van der Waals surface area (Å²) in [6, 6.07) is 24.1. The lowest BCUT2D eigenvalue weighted by Crippen LogP contribution is -2.43. The maximum absolute atomic E-state index is 14.6. The summed E-state index contributed by atoms with van der Waals surface area (Å²) in [6.07, 6.45) is 4.15. The van der Waals surface area contributed by atoms with Crippen LogP contribution < -0.4 is 4.72 Å². The number of benzene rings is 4. The smallest absolute Gasteiger partial charge is 0.275 e. The van der Waals surface area contributed by atoms with Gasteiger partial charge in [-0.05, 0) is 85.3 Å². The number of carbonyl (C=O) groups excluding carboxylic acids is 3. The van der Waals surface area contributed by atoms with Crippen molar-refractivity contribution in [3.05, 3.63) is 124 Å². The topological polar surface area (TPSA) is 122 Å². The molecule has 0 saturated heterocycles. The van der Waals surface area contributed by atoms with Crippen LogP contribution in [0.3, 0.4) is 0 Å². The monoisotopic (exact) mass is 753 g/mol. The molecule has 0 fully saturated rings. The van der Waals surface area contributed by atoms with Crippen LogP contribution in [0.5, 0.6) is 0 Å². The van der Waals surface area contributed by atoms with Crippen molar-refractivity contribution < 1.29 is 22.8 Å². The van der Waals surface area contributed by atoms with Gasteiger partial charge >= 0.3 is 0 Å². The fraction of sp³-hybridized carbons (Fsp3) is 0.317. The Hall–Kier alpha value is -5.00. The quantitative estimate of drug-likeness (QED) is 0.139. The van der Waals surface area contributed by atoms with Crippen LogP contribution in [0.25, 0.3) is 16.5 Å². The molecule has 1 aliphatic rings. The van der Waals surface area contributed by atoms with Gasteiger partial charge in [0.15, 0.2) is 5.69 Å². The molecule has 12 heteroatoms. The summed E-state index contributed by atoms with van der Waals surface area (Å²) < 4.78 is 30.5. The van der Waals surface area contributed by atoms with E-state index in [4.69, 9.17) is 11.6 Å². The molecule has 2 heterocycles. The molecule has 3 amide bonds. The number of nitrogens with one attached hydrogen (secondary N) is 1. The van der Waals surface area contributed by atoms with Crippen LogP contribution in [0.2, 0.25) is 5.02 Å². The Morgan fingerprint density at radius 1 is 0.887 bits per heavy atom. The zero-order valence-corrected chi connectivity index (χ0v) is 32.0. The largest absolute Gasteiger partial charge is 0.337 e. The number of halogens is 1. The van der Waals surface area contributed by atoms with E-state index in [1.165, 1.54) is 28.9 Å². The number of aromatic nitrogens is 2. The number of rotatable bonds is 12. The first-order chi connectivity index (χ1) is 25.4. The van der Waals surface area contributed by atoms with Crippen LogP contribution in [0.15, 0.2) is 89.8 Å². The van der Waals surface area contributed by atoms with E-state index < -0.39 is 15.9 Å². The molecule has 0 saturated carbocycles. The van der Waals surface area contributed by atoms with Crippen molar-refractivity contribution in [1.82, 2.24) is 24.3 Å². The highest BCUT2D eigenvalue weighted by Crippen LogP contribution is 2.31. The van der Waals surface area contributed by atoms with E-state index >= 15 is 0 Å². The third kappa shape index (κ3) is 7.87. The van der Waals surface area contributed by atoms with Crippen molar-refractivity contribution in [2.45, 2.75) is 77.3 Å². The molecule has 0 bridgehead atoms. The summed E-state index contributed by atoms with van der Waals surface area (Å²) >= 11 is 6.82. The lowest BCUT2D eigenvalue weighted by Gasteiger charge is -2.35. The predicted molar refractivity (Wildman–Crippen MR) is 207 cm³/mol. The molecule has 6 rings (SSSR count). The first-order valence-electron chi connectivity index (χ1n) is 18.1. The second-order valence-electron chi connectivity index (χ2n) is 13.6. The van der Waals surface area contributed by atoms with Gasteiger partial charge in [-0.25, -0.2) is 17.8 Å². The summed E-state index contributed by atoms with van der Waals surface area (Å²) in [6.45, 7) is 9.31.